The number of carbonyl (C=O) groups is 1. The van der Waals surface area contributed by atoms with E-state index in [0.29, 0.717) is 6.08 Å². The second-order valence-corrected chi connectivity index (χ2v) is 6.57. The van der Waals surface area contributed by atoms with Crippen LogP contribution >= 0.6 is 0 Å². The molecule has 0 aliphatic carbocycles. The van der Waals surface area contributed by atoms with Gasteiger partial charge in [-0.25, -0.2) is 9.97 Å². The van der Waals surface area contributed by atoms with Crippen LogP contribution in [0.3, 0.4) is 0 Å². The van der Waals surface area contributed by atoms with Crippen molar-refractivity contribution < 1.29 is 36.2 Å². The highest BCUT2D eigenvalue weighted by Crippen LogP contribution is 2.31. The van der Waals surface area contributed by atoms with Crippen molar-refractivity contribution in [3.8, 4) is 17.7 Å². The van der Waals surface area contributed by atoms with Crippen LogP contribution in [0.1, 0.15) is 16.8 Å². The van der Waals surface area contributed by atoms with Gasteiger partial charge in [0.2, 0.25) is 5.88 Å². The molecular weight excluding hydrogens is 451 g/mol. The van der Waals surface area contributed by atoms with Crippen LogP contribution < -0.4 is 14.8 Å². The zero-order valence-electron chi connectivity index (χ0n) is 17.2. The Morgan fingerprint density at radius 2 is 1.94 bits per heavy atom. The largest absolute Gasteiger partial charge is 0.484 e. The van der Waals surface area contributed by atoms with Gasteiger partial charge in [0.1, 0.15) is 17.6 Å². The molecule has 0 spiro atoms. The number of ether oxygens (including phenoxy) is 2. The van der Waals surface area contributed by atoms with Crippen LogP contribution in [0.15, 0.2) is 43.6 Å². The summed E-state index contributed by atoms with van der Waals surface area (Å²) in [5.74, 6) is -5.11. The Balaban J connectivity index is 2.35. The monoisotopic (exact) mass is 468 g/mol. The summed E-state index contributed by atoms with van der Waals surface area (Å²) < 4.78 is 74.4. The normalized spacial score (nSPS) is 11.3. The average molecular weight is 468 g/mol. The fourth-order valence-corrected chi connectivity index (χ4v) is 2.30. The number of nitrogens with one attached hydrogen (secondary N) is 1. The molecule has 0 atom stereocenters. The van der Waals surface area contributed by atoms with Crippen LogP contribution in [0.4, 0.5) is 27.8 Å². The van der Waals surface area contributed by atoms with E-state index < -0.39 is 37.1 Å². The van der Waals surface area contributed by atoms with Gasteiger partial charge in [-0.2, -0.15) is 27.2 Å². The van der Waals surface area contributed by atoms with Crippen molar-refractivity contribution in [3.63, 3.8) is 0 Å². The maximum absolute atomic E-state index is 13.4. The van der Waals surface area contributed by atoms with E-state index in [-0.39, 0.29) is 34.0 Å². The van der Waals surface area contributed by atoms with Crippen LogP contribution in [0.2, 0.25) is 0 Å². The molecule has 0 unspecified atom stereocenters. The number of hydrogen-bond donors (Lipinski definition) is 1. The summed E-state index contributed by atoms with van der Waals surface area (Å²) in [4.78, 5) is 20.4. The number of pyridine rings is 2. The first-order chi connectivity index (χ1) is 15.3. The van der Waals surface area contributed by atoms with Gasteiger partial charge in [-0.05, 0) is 25.1 Å². The summed E-state index contributed by atoms with van der Waals surface area (Å²) in [5.41, 5.74) is -0.318. The summed E-state index contributed by atoms with van der Waals surface area (Å²) in [6.45, 7) is 4.99. The zero-order chi connectivity index (χ0) is 24.8. The lowest BCUT2D eigenvalue weighted by molar-refractivity contribution is -0.153. The molecule has 2 heterocycles. The molecule has 0 saturated carbocycles. The summed E-state index contributed by atoms with van der Waals surface area (Å²) >= 11 is 0. The molecule has 2 aromatic rings. The minimum Gasteiger partial charge on any atom is -0.484 e. The molecule has 2 rings (SSSR count). The van der Waals surface area contributed by atoms with E-state index in [2.05, 4.69) is 28.4 Å². The lowest BCUT2D eigenvalue weighted by Crippen LogP contribution is -2.23. The third-order valence-electron chi connectivity index (χ3n) is 4.00. The minimum absolute atomic E-state index is 0.00461. The first kappa shape index (κ1) is 25.3. The van der Waals surface area contributed by atoms with Crippen LogP contribution in [0.5, 0.6) is 11.6 Å². The number of anilines is 1. The van der Waals surface area contributed by atoms with Crippen LogP contribution in [0.25, 0.3) is 5.57 Å². The fourth-order valence-electron chi connectivity index (χ4n) is 2.30. The van der Waals surface area contributed by atoms with Crippen LogP contribution in [0, 0.1) is 18.3 Å². The molecular formula is C21H17F5N4O3. The van der Waals surface area contributed by atoms with Crippen LogP contribution in [-0.4, -0.2) is 41.2 Å². The molecule has 0 radical (unpaired) electrons. The first-order valence-electron chi connectivity index (χ1n) is 9.07. The van der Waals surface area contributed by atoms with Crippen molar-refractivity contribution in [3.05, 3.63) is 60.5 Å². The first-order valence-corrected chi connectivity index (χ1v) is 9.07. The topological polar surface area (TPSA) is 97.1 Å². The Bertz CT molecular complexity index is 1090. The van der Waals surface area contributed by atoms with Gasteiger partial charge in [-0.15, -0.1) is 0 Å². The smallest absolute Gasteiger partial charge is 0.422 e. The summed E-state index contributed by atoms with van der Waals surface area (Å²) in [7, 11) is 0. The van der Waals surface area contributed by atoms with E-state index in [9.17, 15) is 26.7 Å². The van der Waals surface area contributed by atoms with Crippen molar-refractivity contribution in [1.82, 2.24) is 9.97 Å². The molecule has 0 aliphatic heterocycles. The predicted molar refractivity (Wildman–Crippen MR) is 108 cm³/mol. The molecule has 1 N–H and O–H groups in total. The summed E-state index contributed by atoms with van der Waals surface area (Å²) in [5, 5.41) is 11.2. The molecule has 0 bridgehead atoms. The number of carbonyl (C=O) groups excluding carboxylic acids is 1. The summed E-state index contributed by atoms with van der Waals surface area (Å²) in [6.07, 6.45) is -3.14. The number of nitrogens with zero attached hydrogens (tertiary/aromatic N) is 3. The highest BCUT2D eigenvalue weighted by Gasteiger charge is 2.30. The van der Waals surface area contributed by atoms with Crippen molar-refractivity contribution in [1.29, 1.82) is 5.26 Å². The minimum atomic E-state index is -4.68. The quantitative estimate of drug-likeness (QED) is 0.332. The number of halogens is 5. The Hall–Kier alpha value is -4.01. The molecule has 0 aliphatic rings. The molecule has 174 valence electrons. The van der Waals surface area contributed by atoms with Gasteiger partial charge < -0.3 is 14.8 Å². The Morgan fingerprint density at radius 3 is 2.48 bits per heavy atom. The number of amides is 1. The molecule has 0 saturated heterocycles. The Labute approximate surface area is 185 Å². The molecule has 2 aromatic heterocycles. The Morgan fingerprint density at radius 1 is 1.24 bits per heavy atom. The van der Waals surface area contributed by atoms with Gasteiger partial charge in [0.25, 0.3) is 11.8 Å². The maximum atomic E-state index is 13.4. The fraction of sp³-hybridized carbons (Fsp3) is 0.238. The average Bonchev–Trinajstić information content (AvgIpc) is 2.77. The van der Waals surface area contributed by atoms with E-state index in [1.54, 1.807) is 0 Å². The van der Waals surface area contributed by atoms with E-state index >= 15 is 0 Å². The number of alkyl halides is 5. The molecule has 0 aromatic carbocycles. The number of aromatic nitrogens is 2. The van der Waals surface area contributed by atoms with Gasteiger partial charge in [0.15, 0.2) is 13.2 Å². The standard InChI is InChI=1S/C21H17F5N4O3/c1-4-20(22,23)10-33-17-7-15(32-11-21(24,25)26)12(2)18(30-17)13(3)19(31)29-16-6-5-14(8-27)9-28-16/h4-7,9H,1,3,10-11H2,2H3,(H,28,29,31). The zero-order valence-corrected chi connectivity index (χ0v) is 17.2. The van der Waals surface area contributed by atoms with Crippen molar-refractivity contribution >= 4 is 17.3 Å². The van der Waals surface area contributed by atoms with Crippen LogP contribution in [-0.2, 0) is 4.79 Å². The Kier molecular flexibility index (Phi) is 7.71. The second kappa shape index (κ2) is 10.1. The van der Waals surface area contributed by atoms with Crippen molar-refractivity contribution in [2.75, 3.05) is 18.5 Å². The molecule has 33 heavy (non-hydrogen) atoms. The lowest BCUT2D eigenvalue weighted by atomic mass is 10.1. The third-order valence-corrected chi connectivity index (χ3v) is 4.00. The summed E-state index contributed by atoms with van der Waals surface area (Å²) in [6, 6.07) is 5.50. The number of nitriles is 1. The predicted octanol–water partition coefficient (Wildman–Crippen LogP) is 4.45. The highest BCUT2D eigenvalue weighted by molar-refractivity contribution is 6.24. The lowest BCUT2D eigenvalue weighted by Gasteiger charge is -2.18. The number of hydrogen-bond acceptors (Lipinski definition) is 6. The van der Waals surface area contributed by atoms with Crippen molar-refractivity contribution in [2.45, 2.75) is 19.0 Å². The molecule has 7 nitrogen and oxygen atoms in total. The second-order valence-electron chi connectivity index (χ2n) is 6.57. The molecule has 1 amide bonds. The SMILES string of the molecule is C=CC(F)(F)COc1cc(OCC(F)(F)F)c(C)c(C(=C)C(=O)Nc2ccc(C#N)cn2)n1. The highest BCUT2D eigenvalue weighted by atomic mass is 19.4. The molecule has 0 fully saturated rings. The maximum Gasteiger partial charge on any atom is 0.422 e. The number of rotatable bonds is 9. The van der Waals surface area contributed by atoms with E-state index in [1.165, 1.54) is 25.3 Å². The third kappa shape index (κ3) is 7.27. The van der Waals surface area contributed by atoms with Crippen molar-refractivity contribution in [2.24, 2.45) is 0 Å². The van der Waals surface area contributed by atoms with E-state index in [1.807, 2.05) is 6.07 Å². The van der Waals surface area contributed by atoms with Gasteiger partial charge in [0.05, 0.1) is 16.8 Å². The van der Waals surface area contributed by atoms with E-state index in [4.69, 9.17) is 14.7 Å². The molecule has 12 heteroatoms. The van der Waals surface area contributed by atoms with Gasteiger partial charge in [-0.3, -0.25) is 4.79 Å². The van der Waals surface area contributed by atoms with Gasteiger partial charge in [0, 0.05) is 17.8 Å². The van der Waals surface area contributed by atoms with Gasteiger partial charge >= 0.3 is 6.18 Å². The van der Waals surface area contributed by atoms with Gasteiger partial charge in [-0.1, -0.05) is 13.2 Å². The van der Waals surface area contributed by atoms with E-state index in [0.717, 1.165) is 6.07 Å².